The van der Waals surface area contributed by atoms with Gasteiger partial charge in [0.05, 0.1) is 6.10 Å². The topological polar surface area (TPSA) is 87.0 Å². The molecule has 0 amide bonds. The van der Waals surface area contributed by atoms with E-state index in [1.807, 2.05) is 49.0 Å². The molecule has 1 saturated heterocycles. The van der Waals surface area contributed by atoms with Crippen LogP contribution in [-0.4, -0.2) is 50.6 Å². The number of aliphatic carboxylic acids is 1. The van der Waals surface area contributed by atoms with E-state index >= 15 is 0 Å². The van der Waals surface area contributed by atoms with E-state index in [1.165, 1.54) is 0 Å². The predicted molar refractivity (Wildman–Crippen MR) is 115 cm³/mol. The van der Waals surface area contributed by atoms with Crippen LogP contribution >= 0.6 is 11.8 Å². The second-order valence-corrected chi connectivity index (χ2v) is 9.78. The Hall–Kier alpha value is -1.50. The van der Waals surface area contributed by atoms with E-state index in [-0.39, 0.29) is 25.0 Å². The van der Waals surface area contributed by atoms with Crippen molar-refractivity contribution in [2.75, 3.05) is 6.61 Å². The van der Waals surface area contributed by atoms with Crippen molar-refractivity contribution in [1.82, 2.24) is 0 Å². The van der Waals surface area contributed by atoms with Crippen LogP contribution < -0.4 is 4.74 Å². The van der Waals surface area contributed by atoms with E-state index < -0.39 is 12.1 Å². The van der Waals surface area contributed by atoms with Crippen LogP contribution in [0.1, 0.15) is 44.1 Å². The summed E-state index contributed by atoms with van der Waals surface area (Å²) in [5, 5.41) is 30.6. The van der Waals surface area contributed by atoms with Crippen LogP contribution in [0.2, 0.25) is 0 Å². The number of hydrogen-bond acceptors (Lipinski definition) is 5. The maximum absolute atomic E-state index is 10.7. The van der Waals surface area contributed by atoms with Crippen LogP contribution in [0, 0.1) is 18.8 Å². The van der Waals surface area contributed by atoms with Crippen LogP contribution in [0.3, 0.4) is 0 Å². The molecule has 1 aromatic rings. The highest BCUT2D eigenvalue weighted by atomic mass is 32.2. The maximum atomic E-state index is 10.7. The monoisotopic (exact) mass is 420 g/mol. The van der Waals surface area contributed by atoms with Crippen molar-refractivity contribution in [3.05, 3.63) is 42.0 Å². The van der Waals surface area contributed by atoms with Gasteiger partial charge in [0.25, 0.3) is 0 Å². The first-order valence-corrected chi connectivity index (χ1v) is 11.5. The fraction of sp³-hybridized carbons (Fsp3) is 0.609. The molecule has 1 aromatic carbocycles. The first-order valence-electron chi connectivity index (χ1n) is 10.5. The number of thioether (sulfide) groups is 1. The first-order chi connectivity index (χ1) is 13.9. The van der Waals surface area contributed by atoms with Gasteiger partial charge in [0.15, 0.2) is 0 Å². The number of fused-ring (bicyclic) bond motifs is 1. The van der Waals surface area contributed by atoms with E-state index in [0.29, 0.717) is 16.4 Å². The molecular weight excluding hydrogens is 388 g/mol. The van der Waals surface area contributed by atoms with Crippen LogP contribution in [0.5, 0.6) is 5.75 Å². The second-order valence-electron chi connectivity index (χ2n) is 8.23. The number of aliphatic hydroxyl groups is 2. The largest absolute Gasteiger partial charge is 0.490 e. The molecule has 0 unspecified atom stereocenters. The summed E-state index contributed by atoms with van der Waals surface area (Å²) in [5.41, 5.74) is 1.04. The molecule has 2 aliphatic rings. The number of carboxylic acid groups (broad SMARTS) is 1. The van der Waals surface area contributed by atoms with Gasteiger partial charge in [-0.15, -0.1) is 0 Å². The third-order valence-electron chi connectivity index (χ3n) is 6.05. The standard InChI is InChI=1S/C23H32O5S/c1-15-5-2-3-7-21(15)28-14-16(24)9-11-18-19-12-10-17(6-4-8-23(26)27)29-22(19)13-20(18)25/h2-3,5,7,9,11,16-20,22,24-25H,4,6,8,10,12-14H2,1H3,(H,26,27)/b11-9+/t16-,17+,18-,19-,20-,22+/m1/s1. The summed E-state index contributed by atoms with van der Waals surface area (Å²) >= 11 is 1.93. The second kappa shape index (κ2) is 10.5. The van der Waals surface area contributed by atoms with Crippen molar-refractivity contribution in [3.63, 3.8) is 0 Å². The molecule has 0 bridgehead atoms. The SMILES string of the molecule is Cc1ccccc1OC[C@H](O)/C=C/[C@@H]1[C@H]2CC[C@H](CCCC(=O)O)S[C@H]2C[C@H]1O. The minimum atomic E-state index is -0.727. The molecular formula is C23H32O5S. The average molecular weight is 421 g/mol. The van der Waals surface area contributed by atoms with Gasteiger partial charge in [0, 0.05) is 22.8 Å². The summed E-state index contributed by atoms with van der Waals surface area (Å²) in [7, 11) is 0. The van der Waals surface area contributed by atoms with Crippen molar-refractivity contribution in [2.45, 2.75) is 68.2 Å². The van der Waals surface area contributed by atoms with Gasteiger partial charge in [-0.25, -0.2) is 0 Å². The predicted octanol–water partition coefficient (Wildman–Crippen LogP) is 3.81. The number of carbonyl (C=O) groups is 1. The number of ether oxygens (including phenoxy) is 1. The van der Waals surface area contributed by atoms with Crippen molar-refractivity contribution >= 4 is 17.7 Å². The number of aliphatic hydroxyl groups excluding tert-OH is 2. The van der Waals surface area contributed by atoms with Gasteiger partial charge in [-0.2, -0.15) is 11.8 Å². The van der Waals surface area contributed by atoms with Crippen LogP contribution in [0.15, 0.2) is 36.4 Å². The molecule has 29 heavy (non-hydrogen) atoms. The molecule has 160 valence electrons. The maximum Gasteiger partial charge on any atom is 0.303 e. The van der Waals surface area contributed by atoms with E-state index in [0.717, 1.165) is 43.4 Å². The molecule has 5 nitrogen and oxygen atoms in total. The van der Waals surface area contributed by atoms with Gasteiger partial charge in [-0.3, -0.25) is 4.79 Å². The molecule has 3 N–H and O–H groups in total. The molecule has 0 spiro atoms. The number of hydrogen-bond donors (Lipinski definition) is 3. The molecule has 1 aliphatic carbocycles. The number of rotatable bonds is 9. The zero-order valence-electron chi connectivity index (χ0n) is 16.9. The Labute approximate surface area is 177 Å². The summed E-state index contributed by atoms with van der Waals surface area (Å²) in [6.45, 7) is 2.17. The Morgan fingerprint density at radius 2 is 2.14 bits per heavy atom. The Balaban J connectivity index is 1.47. The van der Waals surface area contributed by atoms with Crippen LogP contribution in [-0.2, 0) is 4.79 Å². The molecule has 0 aromatic heterocycles. The number of carboxylic acids is 1. The molecule has 0 radical (unpaired) electrons. The van der Waals surface area contributed by atoms with Gasteiger partial charge in [-0.05, 0) is 56.6 Å². The normalized spacial score (nSPS) is 30.2. The van der Waals surface area contributed by atoms with Gasteiger partial charge < -0.3 is 20.1 Å². The molecule has 1 saturated carbocycles. The number of aryl methyl sites for hydroxylation is 1. The Bertz CT molecular complexity index is 706. The fourth-order valence-electron chi connectivity index (χ4n) is 4.50. The number of para-hydroxylation sites is 1. The molecule has 1 aliphatic heterocycles. The highest BCUT2D eigenvalue weighted by Gasteiger charge is 2.44. The molecule has 6 atom stereocenters. The van der Waals surface area contributed by atoms with Crippen molar-refractivity contribution in [2.24, 2.45) is 11.8 Å². The highest BCUT2D eigenvalue weighted by molar-refractivity contribution is 8.00. The van der Waals surface area contributed by atoms with Crippen molar-refractivity contribution < 1.29 is 24.9 Å². The lowest BCUT2D eigenvalue weighted by Crippen LogP contribution is -2.27. The summed E-state index contributed by atoms with van der Waals surface area (Å²) in [6.07, 6.45) is 7.45. The fourth-order valence-corrected chi connectivity index (χ4v) is 6.40. The third kappa shape index (κ3) is 6.24. The lowest BCUT2D eigenvalue weighted by molar-refractivity contribution is -0.137. The minimum Gasteiger partial charge on any atom is -0.490 e. The first kappa shape index (κ1) is 22.2. The van der Waals surface area contributed by atoms with E-state index in [9.17, 15) is 15.0 Å². The Morgan fingerprint density at radius 1 is 1.34 bits per heavy atom. The quantitative estimate of drug-likeness (QED) is 0.527. The van der Waals surface area contributed by atoms with Crippen molar-refractivity contribution in [1.29, 1.82) is 0 Å². The van der Waals surface area contributed by atoms with Gasteiger partial charge in [-0.1, -0.05) is 30.4 Å². The lowest BCUT2D eigenvalue weighted by Gasteiger charge is -2.33. The molecule has 6 heteroatoms. The van der Waals surface area contributed by atoms with Gasteiger partial charge >= 0.3 is 5.97 Å². The van der Waals surface area contributed by atoms with Gasteiger partial charge in [0.2, 0.25) is 0 Å². The van der Waals surface area contributed by atoms with E-state index in [1.54, 1.807) is 6.08 Å². The molecule has 2 fully saturated rings. The zero-order valence-corrected chi connectivity index (χ0v) is 17.8. The Kier molecular flexibility index (Phi) is 8.04. The van der Waals surface area contributed by atoms with Crippen LogP contribution in [0.25, 0.3) is 0 Å². The summed E-state index contributed by atoms with van der Waals surface area (Å²) in [6, 6.07) is 7.73. The Morgan fingerprint density at radius 3 is 2.90 bits per heavy atom. The summed E-state index contributed by atoms with van der Waals surface area (Å²) in [4.78, 5) is 10.7. The summed E-state index contributed by atoms with van der Waals surface area (Å²) < 4.78 is 5.71. The summed E-state index contributed by atoms with van der Waals surface area (Å²) in [5.74, 6) is 0.542. The smallest absolute Gasteiger partial charge is 0.303 e. The van der Waals surface area contributed by atoms with Crippen molar-refractivity contribution in [3.8, 4) is 5.75 Å². The molecule has 3 rings (SSSR count). The molecule has 1 heterocycles. The van der Waals surface area contributed by atoms with Crippen LogP contribution in [0.4, 0.5) is 0 Å². The zero-order chi connectivity index (χ0) is 20.8. The number of benzene rings is 1. The highest BCUT2D eigenvalue weighted by Crippen LogP contribution is 2.49. The third-order valence-corrected chi connectivity index (χ3v) is 7.80. The average Bonchev–Trinajstić information content (AvgIpc) is 2.99. The van der Waals surface area contributed by atoms with E-state index in [4.69, 9.17) is 9.84 Å². The lowest BCUT2D eigenvalue weighted by atomic mass is 9.88. The van der Waals surface area contributed by atoms with Gasteiger partial charge in [0.1, 0.15) is 18.5 Å². The van der Waals surface area contributed by atoms with E-state index in [2.05, 4.69) is 0 Å². The minimum absolute atomic E-state index is 0.0700.